The molecule has 0 aromatic rings. The fraction of sp³-hybridized carbons (Fsp3) is 0.714. The molecule has 0 aromatic heterocycles. The van der Waals surface area contributed by atoms with Crippen molar-refractivity contribution in [3.05, 3.63) is 23.3 Å². The molecule has 0 atom stereocenters. The molecule has 0 saturated heterocycles. The lowest BCUT2D eigenvalue weighted by Crippen LogP contribution is -1.80. The van der Waals surface area contributed by atoms with Crippen LogP contribution < -0.4 is 0 Å². The van der Waals surface area contributed by atoms with E-state index in [0.29, 0.717) is 0 Å². The summed E-state index contributed by atoms with van der Waals surface area (Å²) in [4.78, 5) is 0. The SMILES string of the molecule is CCCCCCC/C(C)=C/C=C(C)C. The Bertz CT molecular complexity index is 180. The van der Waals surface area contributed by atoms with Crippen molar-refractivity contribution in [2.24, 2.45) is 0 Å². The van der Waals surface area contributed by atoms with E-state index in [2.05, 4.69) is 39.8 Å². The number of hydrogen-bond donors (Lipinski definition) is 0. The molecular weight excluding hydrogens is 168 g/mol. The van der Waals surface area contributed by atoms with Crippen molar-refractivity contribution in [1.82, 2.24) is 0 Å². The Labute approximate surface area is 90.1 Å². The van der Waals surface area contributed by atoms with Crippen molar-refractivity contribution in [3.63, 3.8) is 0 Å². The summed E-state index contributed by atoms with van der Waals surface area (Å²) in [6, 6.07) is 0. The molecule has 0 heterocycles. The Morgan fingerprint density at radius 3 is 2.07 bits per heavy atom. The van der Waals surface area contributed by atoms with Crippen molar-refractivity contribution in [3.8, 4) is 0 Å². The van der Waals surface area contributed by atoms with Gasteiger partial charge in [-0.2, -0.15) is 0 Å². The molecule has 0 radical (unpaired) electrons. The summed E-state index contributed by atoms with van der Waals surface area (Å²) in [5.41, 5.74) is 2.90. The summed E-state index contributed by atoms with van der Waals surface area (Å²) >= 11 is 0. The third-order valence-electron chi connectivity index (χ3n) is 2.38. The third-order valence-corrected chi connectivity index (χ3v) is 2.38. The van der Waals surface area contributed by atoms with Gasteiger partial charge in [0.2, 0.25) is 0 Å². The van der Waals surface area contributed by atoms with E-state index in [1.807, 2.05) is 0 Å². The van der Waals surface area contributed by atoms with Gasteiger partial charge in [-0.15, -0.1) is 0 Å². The molecule has 0 bridgehead atoms. The van der Waals surface area contributed by atoms with E-state index in [1.54, 1.807) is 0 Å². The van der Waals surface area contributed by atoms with E-state index >= 15 is 0 Å². The van der Waals surface area contributed by atoms with E-state index in [0.717, 1.165) is 0 Å². The molecule has 82 valence electrons. The molecule has 0 aliphatic heterocycles. The molecule has 0 aliphatic carbocycles. The Morgan fingerprint density at radius 2 is 1.50 bits per heavy atom. The van der Waals surface area contributed by atoms with Gasteiger partial charge in [-0.05, 0) is 33.6 Å². The molecular formula is C14H26. The predicted octanol–water partition coefficient (Wildman–Crippen LogP) is 5.26. The zero-order valence-electron chi connectivity index (χ0n) is 10.4. The number of rotatable bonds is 7. The monoisotopic (exact) mass is 194 g/mol. The van der Waals surface area contributed by atoms with Gasteiger partial charge in [0.25, 0.3) is 0 Å². The Hall–Kier alpha value is -0.520. The van der Waals surface area contributed by atoms with Gasteiger partial charge in [-0.25, -0.2) is 0 Å². The normalized spacial score (nSPS) is 11.6. The first kappa shape index (κ1) is 13.5. The molecule has 0 rings (SSSR count). The number of hydrogen-bond acceptors (Lipinski definition) is 0. The summed E-state index contributed by atoms with van der Waals surface area (Å²) in [6.45, 7) is 8.79. The molecule has 0 amide bonds. The molecule has 0 nitrogen and oxygen atoms in total. The first-order valence-electron chi connectivity index (χ1n) is 5.97. The quantitative estimate of drug-likeness (QED) is 0.383. The van der Waals surface area contributed by atoms with E-state index < -0.39 is 0 Å². The molecule has 0 saturated carbocycles. The molecule has 0 fully saturated rings. The van der Waals surface area contributed by atoms with Crippen LogP contribution in [0.4, 0.5) is 0 Å². The summed E-state index contributed by atoms with van der Waals surface area (Å²) in [7, 11) is 0. The maximum atomic E-state index is 2.26. The largest absolute Gasteiger partial charge is 0.0764 e. The predicted molar refractivity (Wildman–Crippen MR) is 66.6 cm³/mol. The zero-order valence-corrected chi connectivity index (χ0v) is 10.4. The molecule has 0 N–H and O–H groups in total. The summed E-state index contributed by atoms with van der Waals surface area (Å²) in [5, 5.41) is 0. The van der Waals surface area contributed by atoms with Crippen molar-refractivity contribution >= 4 is 0 Å². The first-order valence-corrected chi connectivity index (χ1v) is 5.97. The van der Waals surface area contributed by atoms with Crippen LogP contribution in [0.2, 0.25) is 0 Å². The van der Waals surface area contributed by atoms with Crippen LogP contribution in [0.1, 0.15) is 66.2 Å². The second-order valence-corrected chi connectivity index (χ2v) is 4.42. The second kappa shape index (κ2) is 9.05. The number of unbranched alkanes of at least 4 members (excludes halogenated alkanes) is 4. The van der Waals surface area contributed by atoms with Gasteiger partial charge in [0.1, 0.15) is 0 Å². The van der Waals surface area contributed by atoms with E-state index in [1.165, 1.54) is 49.7 Å². The van der Waals surface area contributed by atoms with Gasteiger partial charge in [-0.1, -0.05) is 55.9 Å². The van der Waals surface area contributed by atoms with Gasteiger partial charge in [-0.3, -0.25) is 0 Å². The molecule has 0 aromatic carbocycles. The molecule has 14 heavy (non-hydrogen) atoms. The van der Waals surface area contributed by atoms with Gasteiger partial charge in [0.05, 0.1) is 0 Å². The zero-order chi connectivity index (χ0) is 10.8. The van der Waals surface area contributed by atoms with Crippen LogP contribution >= 0.6 is 0 Å². The average molecular weight is 194 g/mol. The lowest BCUT2D eigenvalue weighted by molar-refractivity contribution is 0.630. The average Bonchev–Trinajstić information content (AvgIpc) is 2.14. The van der Waals surface area contributed by atoms with Crippen LogP contribution in [0.5, 0.6) is 0 Å². The topological polar surface area (TPSA) is 0 Å². The Balaban J connectivity index is 3.48. The van der Waals surface area contributed by atoms with Gasteiger partial charge in [0.15, 0.2) is 0 Å². The molecule has 0 spiro atoms. The standard InChI is InChI=1S/C14H26/c1-5-6-7-8-9-10-14(4)12-11-13(2)3/h11-12H,5-10H2,1-4H3/b14-12+. The van der Waals surface area contributed by atoms with E-state index in [9.17, 15) is 0 Å². The Morgan fingerprint density at radius 1 is 0.857 bits per heavy atom. The summed E-state index contributed by atoms with van der Waals surface area (Å²) < 4.78 is 0. The van der Waals surface area contributed by atoms with Crippen LogP contribution in [0, 0.1) is 0 Å². The highest BCUT2D eigenvalue weighted by atomic mass is 14.0. The highest BCUT2D eigenvalue weighted by Gasteiger charge is 1.90. The van der Waals surface area contributed by atoms with Gasteiger partial charge < -0.3 is 0 Å². The van der Waals surface area contributed by atoms with E-state index in [4.69, 9.17) is 0 Å². The van der Waals surface area contributed by atoms with Crippen molar-refractivity contribution in [1.29, 1.82) is 0 Å². The third kappa shape index (κ3) is 9.57. The van der Waals surface area contributed by atoms with Crippen LogP contribution in [0.15, 0.2) is 23.3 Å². The minimum atomic E-state index is 1.27. The lowest BCUT2D eigenvalue weighted by Gasteiger charge is -2.00. The lowest BCUT2D eigenvalue weighted by atomic mass is 10.1. The second-order valence-electron chi connectivity index (χ2n) is 4.42. The fourth-order valence-electron chi connectivity index (χ4n) is 1.40. The summed E-state index contributed by atoms with van der Waals surface area (Å²) in [5.74, 6) is 0. The smallest absolute Gasteiger partial charge is 0.0320 e. The highest BCUT2D eigenvalue weighted by molar-refractivity contribution is 5.13. The maximum Gasteiger partial charge on any atom is -0.0320 e. The van der Waals surface area contributed by atoms with E-state index in [-0.39, 0.29) is 0 Å². The van der Waals surface area contributed by atoms with Crippen molar-refractivity contribution < 1.29 is 0 Å². The highest BCUT2D eigenvalue weighted by Crippen LogP contribution is 2.10. The van der Waals surface area contributed by atoms with Crippen LogP contribution in [0.25, 0.3) is 0 Å². The molecule has 0 aliphatic rings. The molecule has 0 heteroatoms. The van der Waals surface area contributed by atoms with Gasteiger partial charge in [0, 0.05) is 0 Å². The molecule has 0 unspecified atom stereocenters. The minimum absolute atomic E-state index is 1.27. The van der Waals surface area contributed by atoms with Crippen LogP contribution in [-0.4, -0.2) is 0 Å². The fourth-order valence-corrected chi connectivity index (χ4v) is 1.40. The van der Waals surface area contributed by atoms with Crippen molar-refractivity contribution in [2.75, 3.05) is 0 Å². The number of allylic oxidation sites excluding steroid dienone is 4. The first-order chi connectivity index (χ1) is 6.66. The van der Waals surface area contributed by atoms with Crippen LogP contribution in [0.3, 0.4) is 0 Å². The van der Waals surface area contributed by atoms with Crippen molar-refractivity contribution in [2.45, 2.75) is 66.2 Å². The van der Waals surface area contributed by atoms with Gasteiger partial charge >= 0.3 is 0 Å². The summed E-state index contributed by atoms with van der Waals surface area (Å²) in [6.07, 6.45) is 12.6. The van der Waals surface area contributed by atoms with Crippen LogP contribution in [-0.2, 0) is 0 Å². The minimum Gasteiger partial charge on any atom is -0.0764 e. The maximum absolute atomic E-state index is 2.26. The Kier molecular flexibility index (Phi) is 8.72.